The summed E-state index contributed by atoms with van der Waals surface area (Å²) in [6.07, 6.45) is 2.71. The SMILES string of the molecule is Cc1nc(C(C)NCC2(C)CCCS2)cs1. The maximum Gasteiger partial charge on any atom is 0.0898 e. The van der Waals surface area contributed by atoms with Gasteiger partial charge in [-0.25, -0.2) is 4.98 Å². The lowest BCUT2D eigenvalue weighted by Crippen LogP contribution is -2.34. The lowest BCUT2D eigenvalue weighted by Gasteiger charge is -2.25. The molecule has 0 spiro atoms. The second-order valence-electron chi connectivity index (χ2n) is 4.80. The highest BCUT2D eigenvalue weighted by Crippen LogP contribution is 2.37. The Labute approximate surface area is 106 Å². The van der Waals surface area contributed by atoms with Crippen LogP contribution < -0.4 is 5.32 Å². The fraction of sp³-hybridized carbons (Fsp3) is 0.750. The van der Waals surface area contributed by atoms with E-state index < -0.39 is 0 Å². The molecule has 0 amide bonds. The Hall–Kier alpha value is -0.0600. The molecule has 0 aliphatic carbocycles. The molecule has 2 nitrogen and oxygen atoms in total. The fourth-order valence-corrected chi connectivity index (χ4v) is 3.99. The molecule has 1 fully saturated rings. The zero-order valence-electron chi connectivity index (χ0n) is 10.2. The number of aryl methyl sites for hydroxylation is 1. The molecule has 2 rings (SSSR count). The van der Waals surface area contributed by atoms with Crippen LogP contribution in [0.4, 0.5) is 0 Å². The normalized spacial score (nSPS) is 27.2. The van der Waals surface area contributed by atoms with Gasteiger partial charge < -0.3 is 5.32 Å². The summed E-state index contributed by atoms with van der Waals surface area (Å²) in [5.41, 5.74) is 1.19. The summed E-state index contributed by atoms with van der Waals surface area (Å²) in [5.74, 6) is 1.32. The van der Waals surface area contributed by atoms with E-state index in [4.69, 9.17) is 0 Å². The Balaban J connectivity index is 1.86. The van der Waals surface area contributed by atoms with Gasteiger partial charge in [0.25, 0.3) is 0 Å². The molecular weight excluding hydrogens is 236 g/mol. The lowest BCUT2D eigenvalue weighted by atomic mass is 10.1. The smallest absolute Gasteiger partial charge is 0.0898 e. The summed E-state index contributed by atoms with van der Waals surface area (Å²) < 4.78 is 0.444. The molecule has 0 radical (unpaired) electrons. The predicted molar refractivity (Wildman–Crippen MR) is 73.4 cm³/mol. The number of aromatic nitrogens is 1. The number of thiazole rings is 1. The number of hydrogen-bond acceptors (Lipinski definition) is 4. The third-order valence-corrected chi connectivity index (χ3v) is 5.49. The van der Waals surface area contributed by atoms with Crippen molar-refractivity contribution in [2.75, 3.05) is 12.3 Å². The van der Waals surface area contributed by atoms with Gasteiger partial charge in [0.1, 0.15) is 0 Å². The largest absolute Gasteiger partial charge is 0.307 e. The Kier molecular flexibility index (Phi) is 3.93. The summed E-state index contributed by atoms with van der Waals surface area (Å²) >= 11 is 3.84. The molecule has 1 saturated heterocycles. The molecule has 2 unspecified atom stereocenters. The number of rotatable bonds is 4. The molecule has 1 aromatic heterocycles. The highest BCUT2D eigenvalue weighted by molar-refractivity contribution is 8.00. The van der Waals surface area contributed by atoms with Crippen LogP contribution >= 0.6 is 23.1 Å². The molecule has 16 heavy (non-hydrogen) atoms. The van der Waals surface area contributed by atoms with Crippen molar-refractivity contribution >= 4 is 23.1 Å². The van der Waals surface area contributed by atoms with E-state index in [0.29, 0.717) is 10.8 Å². The van der Waals surface area contributed by atoms with Crippen LogP contribution in [-0.2, 0) is 0 Å². The summed E-state index contributed by atoms with van der Waals surface area (Å²) in [4.78, 5) is 4.53. The minimum Gasteiger partial charge on any atom is -0.307 e. The molecule has 0 saturated carbocycles. The standard InChI is InChI=1S/C12H20N2S2/c1-9(11-7-15-10(2)14-11)13-8-12(3)5-4-6-16-12/h7,9,13H,4-6,8H2,1-3H3. The van der Waals surface area contributed by atoms with E-state index in [9.17, 15) is 0 Å². The van der Waals surface area contributed by atoms with Crippen molar-refractivity contribution < 1.29 is 0 Å². The van der Waals surface area contributed by atoms with Crippen LogP contribution in [0.25, 0.3) is 0 Å². The van der Waals surface area contributed by atoms with Crippen LogP contribution in [0.15, 0.2) is 5.38 Å². The summed E-state index contributed by atoms with van der Waals surface area (Å²) in [7, 11) is 0. The number of thioether (sulfide) groups is 1. The van der Waals surface area contributed by atoms with Gasteiger partial charge in [0.2, 0.25) is 0 Å². The summed E-state index contributed by atoms with van der Waals surface area (Å²) in [5, 5.41) is 6.94. The fourth-order valence-electron chi connectivity index (χ4n) is 2.03. The Morgan fingerprint density at radius 2 is 2.44 bits per heavy atom. The average Bonchev–Trinajstić information content (AvgIpc) is 2.85. The monoisotopic (exact) mass is 256 g/mol. The summed E-state index contributed by atoms with van der Waals surface area (Å²) in [6.45, 7) is 7.73. The quantitative estimate of drug-likeness (QED) is 0.894. The maximum atomic E-state index is 4.53. The van der Waals surface area contributed by atoms with Crippen molar-refractivity contribution in [2.24, 2.45) is 0 Å². The van der Waals surface area contributed by atoms with Gasteiger partial charge in [0.15, 0.2) is 0 Å². The first-order chi connectivity index (χ1) is 7.59. The van der Waals surface area contributed by atoms with Crippen molar-refractivity contribution in [3.63, 3.8) is 0 Å². The van der Waals surface area contributed by atoms with Gasteiger partial charge in [-0.05, 0) is 39.4 Å². The molecule has 2 heterocycles. The van der Waals surface area contributed by atoms with E-state index in [2.05, 4.69) is 48.2 Å². The molecule has 1 N–H and O–H groups in total. The third-order valence-electron chi connectivity index (χ3n) is 3.16. The van der Waals surface area contributed by atoms with Crippen molar-refractivity contribution in [3.05, 3.63) is 16.1 Å². The topological polar surface area (TPSA) is 24.9 Å². The van der Waals surface area contributed by atoms with E-state index in [1.165, 1.54) is 24.3 Å². The molecule has 1 aliphatic rings. The van der Waals surface area contributed by atoms with Crippen LogP contribution in [-0.4, -0.2) is 22.0 Å². The van der Waals surface area contributed by atoms with E-state index in [0.717, 1.165) is 11.6 Å². The van der Waals surface area contributed by atoms with Gasteiger partial charge in [-0.1, -0.05) is 0 Å². The molecule has 2 atom stereocenters. The van der Waals surface area contributed by atoms with Gasteiger partial charge in [0.05, 0.1) is 10.7 Å². The van der Waals surface area contributed by atoms with E-state index in [1.807, 2.05) is 0 Å². The first-order valence-electron chi connectivity index (χ1n) is 5.88. The molecule has 1 aliphatic heterocycles. The van der Waals surface area contributed by atoms with Crippen LogP contribution in [0.1, 0.15) is 43.4 Å². The van der Waals surface area contributed by atoms with Gasteiger partial charge in [-0.2, -0.15) is 11.8 Å². The first kappa shape index (κ1) is 12.4. The second kappa shape index (κ2) is 5.07. The zero-order chi connectivity index (χ0) is 11.6. The van der Waals surface area contributed by atoms with Crippen LogP contribution in [0.2, 0.25) is 0 Å². The summed E-state index contributed by atoms with van der Waals surface area (Å²) in [6, 6.07) is 0.378. The minimum atomic E-state index is 0.378. The Morgan fingerprint density at radius 3 is 3.00 bits per heavy atom. The third kappa shape index (κ3) is 2.99. The highest BCUT2D eigenvalue weighted by atomic mass is 32.2. The van der Waals surface area contributed by atoms with E-state index in [1.54, 1.807) is 11.3 Å². The van der Waals surface area contributed by atoms with Crippen molar-refractivity contribution in [2.45, 2.75) is 44.4 Å². The maximum absolute atomic E-state index is 4.53. The minimum absolute atomic E-state index is 0.378. The lowest BCUT2D eigenvalue weighted by molar-refractivity contribution is 0.485. The van der Waals surface area contributed by atoms with E-state index in [-0.39, 0.29) is 0 Å². The van der Waals surface area contributed by atoms with E-state index >= 15 is 0 Å². The van der Waals surface area contributed by atoms with Crippen LogP contribution in [0.3, 0.4) is 0 Å². The molecular formula is C12H20N2S2. The Morgan fingerprint density at radius 1 is 1.62 bits per heavy atom. The van der Waals surface area contributed by atoms with Crippen molar-refractivity contribution in [3.8, 4) is 0 Å². The number of hydrogen-bond donors (Lipinski definition) is 1. The molecule has 0 aromatic carbocycles. The highest BCUT2D eigenvalue weighted by Gasteiger charge is 2.29. The van der Waals surface area contributed by atoms with Crippen LogP contribution in [0, 0.1) is 6.92 Å². The molecule has 1 aromatic rings. The Bertz CT molecular complexity index is 343. The van der Waals surface area contributed by atoms with Gasteiger partial charge in [0, 0.05) is 22.7 Å². The van der Waals surface area contributed by atoms with Crippen LogP contribution in [0.5, 0.6) is 0 Å². The molecule has 0 bridgehead atoms. The van der Waals surface area contributed by atoms with Gasteiger partial charge >= 0.3 is 0 Å². The van der Waals surface area contributed by atoms with Crippen molar-refractivity contribution in [1.29, 1.82) is 0 Å². The van der Waals surface area contributed by atoms with Gasteiger partial charge in [-0.15, -0.1) is 11.3 Å². The first-order valence-corrected chi connectivity index (χ1v) is 7.75. The van der Waals surface area contributed by atoms with Crippen molar-refractivity contribution in [1.82, 2.24) is 10.3 Å². The second-order valence-corrected chi connectivity index (χ2v) is 7.54. The number of nitrogens with one attached hydrogen (secondary N) is 1. The zero-order valence-corrected chi connectivity index (χ0v) is 11.9. The average molecular weight is 256 g/mol. The predicted octanol–water partition coefficient (Wildman–Crippen LogP) is 3.39. The molecule has 4 heteroatoms. The molecule has 90 valence electrons. The number of nitrogens with zero attached hydrogens (tertiary/aromatic N) is 1. The van der Waals surface area contributed by atoms with Gasteiger partial charge in [-0.3, -0.25) is 0 Å².